The van der Waals surface area contributed by atoms with Crippen molar-refractivity contribution < 1.29 is 9.59 Å². The fourth-order valence-electron chi connectivity index (χ4n) is 4.41. The number of carbonyl (C=O) groups is 2. The van der Waals surface area contributed by atoms with Crippen LogP contribution in [0.3, 0.4) is 0 Å². The summed E-state index contributed by atoms with van der Waals surface area (Å²) in [7, 11) is 0. The zero-order valence-electron chi connectivity index (χ0n) is 17.0. The zero-order chi connectivity index (χ0) is 20.4. The molecule has 0 atom stereocenters. The second-order valence-electron chi connectivity index (χ2n) is 8.12. The Morgan fingerprint density at radius 2 is 1.31 bits per heavy atom. The first-order valence-electron chi connectivity index (χ1n) is 10.4. The van der Waals surface area contributed by atoms with E-state index in [4.69, 9.17) is 0 Å². The topological polar surface area (TPSA) is 34.1 Å². The molecule has 2 aromatic carbocycles. The first-order chi connectivity index (χ1) is 14.1. The van der Waals surface area contributed by atoms with Crippen LogP contribution in [0.4, 0.5) is 0 Å². The van der Waals surface area contributed by atoms with Crippen LogP contribution in [-0.2, 0) is 0 Å². The van der Waals surface area contributed by atoms with Gasteiger partial charge in [-0.15, -0.1) is 0 Å². The van der Waals surface area contributed by atoms with Crippen LogP contribution in [0.5, 0.6) is 0 Å². The number of ketones is 2. The van der Waals surface area contributed by atoms with Crippen molar-refractivity contribution in [2.75, 3.05) is 0 Å². The molecule has 0 amide bonds. The molecule has 1 heterocycles. The van der Waals surface area contributed by atoms with Crippen LogP contribution in [-0.4, -0.2) is 26.1 Å². The monoisotopic (exact) mass is 450 g/mol. The summed E-state index contributed by atoms with van der Waals surface area (Å²) in [6.07, 6.45) is 4.47. The Hall–Kier alpha value is -2.22. The molecule has 1 fully saturated rings. The van der Waals surface area contributed by atoms with Gasteiger partial charge in [-0.2, -0.15) is 0 Å². The van der Waals surface area contributed by atoms with E-state index in [-0.39, 0.29) is 26.1 Å². The van der Waals surface area contributed by atoms with E-state index in [1.54, 1.807) is 0 Å². The summed E-state index contributed by atoms with van der Waals surface area (Å²) in [5.41, 5.74) is 3.34. The summed E-state index contributed by atoms with van der Waals surface area (Å²) in [6, 6.07) is 19.0. The van der Waals surface area contributed by atoms with Gasteiger partial charge < -0.3 is 0 Å². The van der Waals surface area contributed by atoms with Gasteiger partial charge in [0.2, 0.25) is 0 Å². The molecule has 0 bridgehead atoms. The fraction of sp³-hybridized carbons (Fsp3) is 0.308. The Kier molecular flexibility index (Phi) is 5.99. The predicted octanol–water partition coefficient (Wildman–Crippen LogP) is 5.81. The minimum absolute atomic E-state index is 0.0782. The normalized spacial score (nSPS) is 19.1. The molecule has 3 heteroatoms. The van der Waals surface area contributed by atoms with Crippen molar-refractivity contribution in [2.24, 2.45) is 5.92 Å². The third-order valence-electron chi connectivity index (χ3n) is 6.05. The first-order valence-corrected chi connectivity index (χ1v) is 12.1. The third-order valence-corrected chi connectivity index (χ3v) is 8.40. The summed E-state index contributed by atoms with van der Waals surface area (Å²) in [5, 5.41) is 0. The van der Waals surface area contributed by atoms with Gasteiger partial charge in [-0.05, 0) is 0 Å². The van der Waals surface area contributed by atoms with Crippen LogP contribution in [0.25, 0.3) is 0 Å². The van der Waals surface area contributed by atoms with Gasteiger partial charge in [-0.1, -0.05) is 0 Å². The maximum atomic E-state index is 13.5. The summed E-state index contributed by atoms with van der Waals surface area (Å²) < 4.78 is 2.00. The van der Waals surface area contributed by atoms with E-state index in [0.717, 1.165) is 44.3 Å². The molecule has 1 aliphatic rings. The molecule has 1 aromatic heterocycles. The van der Waals surface area contributed by atoms with Gasteiger partial charge >= 0.3 is 179 Å². The molecule has 0 N–H and O–H groups in total. The Bertz CT molecular complexity index is 1010. The van der Waals surface area contributed by atoms with E-state index in [0.29, 0.717) is 11.5 Å². The van der Waals surface area contributed by atoms with Crippen molar-refractivity contribution in [3.63, 3.8) is 0 Å². The van der Waals surface area contributed by atoms with Crippen molar-refractivity contribution in [3.05, 3.63) is 91.8 Å². The van der Waals surface area contributed by atoms with Gasteiger partial charge in [0.05, 0.1) is 0 Å². The number of benzene rings is 2. The van der Waals surface area contributed by atoms with Crippen molar-refractivity contribution in [2.45, 2.75) is 45.4 Å². The van der Waals surface area contributed by atoms with Crippen LogP contribution >= 0.6 is 0 Å². The van der Waals surface area contributed by atoms with E-state index in [2.05, 4.69) is 6.92 Å². The van der Waals surface area contributed by atoms with E-state index in [1.165, 1.54) is 12.8 Å². The third kappa shape index (κ3) is 4.08. The summed E-state index contributed by atoms with van der Waals surface area (Å²) in [4.78, 5) is 26.9. The summed E-state index contributed by atoms with van der Waals surface area (Å²) in [5.74, 6) is 1.23. The Morgan fingerprint density at radius 1 is 0.793 bits per heavy atom. The van der Waals surface area contributed by atoms with Gasteiger partial charge in [0.1, 0.15) is 0 Å². The van der Waals surface area contributed by atoms with Crippen LogP contribution in [0.15, 0.2) is 60.7 Å². The number of aryl methyl sites for hydroxylation is 1. The summed E-state index contributed by atoms with van der Waals surface area (Å²) in [6.45, 7) is 4.35. The molecule has 0 radical (unpaired) electrons. The molecule has 148 valence electrons. The van der Waals surface area contributed by atoms with E-state index >= 15 is 0 Å². The van der Waals surface area contributed by atoms with Gasteiger partial charge in [0.25, 0.3) is 0 Å². The molecular weight excluding hydrogens is 423 g/mol. The van der Waals surface area contributed by atoms with Crippen molar-refractivity contribution in [1.82, 2.24) is 0 Å². The first kappa shape index (κ1) is 20.1. The van der Waals surface area contributed by atoms with Gasteiger partial charge in [-0.25, -0.2) is 0 Å². The Balaban J connectivity index is 1.83. The standard InChI is InChI=1S/C26H26O2Se/c1-17-13-15-19(16-14-17)23-22(24(27)20-9-5-3-6-10-20)18(2)29-26(23)25(28)21-11-7-4-8-12-21/h3-12,17,19H,13-16H2,1-2H3. The quantitative estimate of drug-likeness (QED) is 0.364. The fourth-order valence-corrected chi connectivity index (χ4v) is 6.92. The molecule has 3 aromatic rings. The SMILES string of the molecule is Cc1[se]c(C(=O)c2ccccc2)c(C2CCC(C)CC2)c1C(=O)c1ccccc1. The number of hydrogen-bond donors (Lipinski definition) is 0. The molecule has 2 nitrogen and oxygen atoms in total. The van der Waals surface area contributed by atoms with Gasteiger partial charge in [0.15, 0.2) is 0 Å². The Morgan fingerprint density at radius 3 is 1.86 bits per heavy atom. The van der Waals surface area contributed by atoms with Gasteiger partial charge in [-0.3, -0.25) is 0 Å². The number of rotatable bonds is 5. The van der Waals surface area contributed by atoms with Crippen molar-refractivity contribution in [3.8, 4) is 0 Å². The van der Waals surface area contributed by atoms with Gasteiger partial charge in [0, 0.05) is 0 Å². The molecular formula is C26H26O2Se. The van der Waals surface area contributed by atoms with Crippen LogP contribution in [0.1, 0.15) is 79.2 Å². The molecule has 29 heavy (non-hydrogen) atoms. The molecule has 0 unspecified atom stereocenters. The number of carbonyl (C=O) groups excluding carboxylic acids is 2. The molecule has 0 aliphatic heterocycles. The molecule has 1 saturated carbocycles. The second-order valence-corrected chi connectivity index (χ2v) is 10.7. The summed E-state index contributed by atoms with van der Waals surface area (Å²) >= 11 is -0.0922. The number of hydrogen-bond acceptors (Lipinski definition) is 2. The maximum absolute atomic E-state index is 13.5. The predicted molar refractivity (Wildman–Crippen MR) is 118 cm³/mol. The molecule has 1 aliphatic carbocycles. The minimum atomic E-state index is -0.0922. The second kappa shape index (κ2) is 8.65. The van der Waals surface area contributed by atoms with E-state index in [1.807, 2.05) is 67.6 Å². The molecule has 0 spiro atoms. The van der Waals surface area contributed by atoms with Crippen molar-refractivity contribution >= 4 is 26.1 Å². The average Bonchev–Trinajstić information content (AvgIpc) is 3.11. The van der Waals surface area contributed by atoms with Crippen LogP contribution in [0.2, 0.25) is 0 Å². The van der Waals surface area contributed by atoms with E-state index < -0.39 is 0 Å². The molecule has 4 rings (SSSR count). The van der Waals surface area contributed by atoms with Crippen molar-refractivity contribution in [1.29, 1.82) is 0 Å². The molecule has 0 saturated heterocycles. The van der Waals surface area contributed by atoms with E-state index in [9.17, 15) is 9.59 Å². The Labute approximate surface area is 178 Å². The average molecular weight is 449 g/mol. The zero-order valence-corrected chi connectivity index (χ0v) is 18.7. The van der Waals surface area contributed by atoms with Crippen LogP contribution < -0.4 is 0 Å². The van der Waals surface area contributed by atoms with Crippen LogP contribution in [0, 0.1) is 12.8 Å².